The Morgan fingerprint density at radius 3 is 2.07 bits per heavy atom. The van der Waals surface area contributed by atoms with E-state index >= 15 is 0 Å². The number of carbonyl (C=O) groups excluding carboxylic acids is 1. The van der Waals surface area contributed by atoms with Gasteiger partial charge in [0.15, 0.2) is 0 Å². The van der Waals surface area contributed by atoms with Gasteiger partial charge in [-0.3, -0.25) is 4.79 Å². The number of rotatable bonds is 7. The van der Waals surface area contributed by atoms with Crippen molar-refractivity contribution < 1.29 is 9.53 Å². The normalized spacial score (nSPS) is 11.4. The molecule has 0 saturated heterocycles. The van der Waals surface area contributed by atoms with Crippen LogP contribution in [0.2, 0.25) is 0 Å². The molecule has 0 aromatic heterocycles. The molecule has 0 fully saturated rings. The molecule has 84 valence electrons. The maximum absolute atomic E-state index is 11.8. The maximum Gasteiger partial charge on any atom is 0.312 e. The predicted molar refractivity (Wildman–Crippen MR) is 59.2 cm³/mol. The quantitative estimate of drug-likeness (QED) is 0.587. The zero-order chi connectivity index (χ0) is 11.0. The number of ether oxygens (including phenoxy) is 1. The predicted octanol–water partition coefficient (Wildman–Crippen LogP) is 3.55. The minimum absolute atomic E-state index is 0.00144. The molecule has 2 nitrogen and oxygen atoms in total. The largest absolute Gasteiger partial charge is 0.466 e. The maximum atomic E-state index is 11.8. The van der Waals surface area contributed by atoms with Gasteiger partial charge in [-0.05, 0) is 26.2 Å². The Hall–Kier alpha value is -0.530. The zero-order valence-corrected chi connectivity index (χ0v) is 10.1. The van der Waals surface area contributed by atoms with E-state index in [0.717, 1.165) is 32.1 Å². The van der Waals surface area contributed by atoms with Crippen molar-refractivity contribution in [3.8, 4) is 0 Å². The first kappa shape index (κ1) is 13.5. The summed E-state index contributed by atoms with van der Waals surface area (Å²) in [6.45, 7) is 8.67. The smallest absolute Gasteiger partial charge is 0.312 e. The molecule has 0 bridgehead atoms. The van der Waals surface area contributed by atoms with Gasteiger partial charge in [0, 0.05) is 0 Å². The average molecular weight is 200 g/mol. The van der Waals surface area contributed by atoms with Crippen molar-refractivity contribution in [3.05, 3.63) is 0 Å². The molecule has 0 saturated carbocycles. The van der Waals surface area contributed by atoms with Crippen LogP contribution < -0.4 is 0 Å². The van der Waals surface area contributed by atoms with Gasteiger partial charge in [0.25, 0.3) is 0 Å². The van der Waals surface area contributed by atoms with Crippen molar-refractivity contribution in [3.63, 3.8) is 0 Å². The molecule has 2 heteroatoms. The van der Waals surface area contributed by atoms with Gasteiger partial charge in [0.1, 0.15) is 0 Å². The first-order chi connectivity index (χ1) is 6.66. The van der Waals surface area contributed by atoms with Crippen molar-refractivity contribution >= 4 is 5.97 Å². The van der Waals surface area contributed by atoms with Gasteiger partial charge in [0.2, 0.25) is 0 Å². The molecule has 14 heavy (non-hydrogen) atoms. The number of carbonyl (C=O) groups is 1. The minimum atomic E-state index is -0.216. The molecule has 0 rings (SSSR count). The SMILES string of the molecule is CCCCC(CC)(CC)C(=O)OCC. The second kappa shape index (κ2) is 6.86. The molecule has 0 aromatic rings. The van der Waals surface area contributed by atoms with Crippen LogP contribution in [0, 0.1) is 5.41 Å². The lowest BCUT2D eigenvalue weighted by Gasteiger charge is -2.28. The lowest BCUT2D eigenvalue weighted by atomic mass is 9.78. The Labute approximate surface area is 88.0 Å². The van der Waals surface area contributed by atoms with Crippen molar-refractivity contribution in [1.82, 2.24) is 0 Å². The second-order valence-corrected chi connectivity index (χ2v) is 3.81. The topological polar surface area (TPSA) is 26.3 Å². The fourth-order valence-electron chi connectivity index (χ4n) is 1.79. The third-order valence-corrected chi connectivity index (χ3v) is 3.07. The van der Waals surface area contributed by atoms with E-state index in [1.54, 1.807) is 0 Å². The van der Waals surface area contributed by atoms with Crippen molar-refractivity contribution in [1.29, 1.82) is 0 Å². The molecule has 0 aliphatic carbocycles. The highest BCUT2D eigenvalue weighted by molar-refractivity contribution is 5.76. The first-order valence-corrected chi connectivity index (χ1v) is 5.84. The molecule has 0 atom stereocenters. The Balaban J connectivity index is 4.42. The van der Waals surface area contributed by atoms with E-state index in [0.29, 0.717) is 6.61 Å². The van der Waals surface area contributed by atoms with E-state index in [-0.39, 0.29) is 11.4 Å². The number of esters is 1. The molecule has 0 radical (unpaired) electrons. The van der Waals surface area contributed by atoms with E-state index in [1.165, 1.54) is 0 Å². The summed E-state index contributed by atoms with van der Waals surface area (Å²) in [6.07, 6.45) is 5.00. The first-order valence-electron chi connectivity index (χ1n) is 5.84. The minimum Gasteiger partial charge on any atom is -0.466 e. The summed E-state index contributed by atoms with van der Waals surface area (Å²) in [4.78, 5) is 11.8. The summed E-state index contributed by atoms with van der Waals surface area (Å²) < 4.78 is 5.15. The van der Waals surface area contributed by atoms with Crippen molar-refractivity contribution in [2.24, 2.45) is 5.41 Å². The fourth-order valence-corrected chi connectivity index (χ4v) is 1.79. The molecule has 0 heterocycles. The summed E-state index contributed by atoms with van der Waals surface area (Å²) in [5, 5.41) is 0. The van der Waals surface area contributed by atoms with E-state index in [4.69, 9.17) is 4.74 Å². The monoisotopic (exact) mass is 200 g/mol. The summed E-state index contributed by atoms with van der Waals surface area (Å²) in [7, 11) is 0. The van der Waals surface area contributed by atoms with Crippen molar-refractivity contribution in [2.45, 2.75) is 59.8 Å². The number of hydrogen-bond acceptors (Lipinski definition) is 2. The molecule has 0 unspecified atom stereocenters. The summed E-state index contributed by atoms with van der Waals surface area (Å²) in [5.41, 5.74) is -0.216. The van der Waals surface area contributed by atoms with Crippen LogP contribution >= 0.6 is 0 Å². The van der Waals surface area contributed by atoms with Gasteiger partial charge >= 0.3 is 5.97 Å². The van der Waals surface area contributed by atoms with Crippen LogP contribution in [-0.4, -0.2) is 12.6 Å². The Bertz CT molecular complexity index is 160. The highest BCUT2D eigenvalue weighted by Gasteiger charge is 2.35. The highest BCUT2D eigenvalue weighted by atomic mass is 16.5. The highest BCUT2D eigenvalue weighted by Crippen LogP contribution is 2.34. The molecular formula is C12H24O2. The molecular weight excluding hydrogens is 176 g/mol. The van der Waals surface area contributed by atoms with Gasteiger partial charge in [-0.2, -0.15) is 0 Å². The number of hydrogen-bond donors (Lipinski definition) is 0. The van der Waals surface area contributed by atoms with Gasteiger partial charge in [-0.25, -0.2) is 0 Å². The standard InChI is InChI=1S/C12H24O2/c1-5-9-10-12(6-2,7-3)11(13)14-8-4/h5-10H2,1-4H3. The summed E-state index contributed by atoms with van der Waals surface area (Å²) in [5.74, 6) is -0.00144. The van der Waals surface area contributed by atoms with Gasteiger partial charge in [-0.1, -0.05) is 33.6 Å². The molecule has 0 aliphatic heterocycles. The van der Waals surface area contributed by atoms with Crippen LogP contribution in [-0.2, 0) is 9.53 Å². The molecule has 0 spiro atoms. The fraction of sp³-hybridized carbons (Fsp3) is 0.917. The van der Waals surface area contributed by atoms with Crippen LogP contribution in [0.25, 0.3) is 0 Å². The van der Waals surface area contributed by atoms with Crippen LogP contribution in [0.5, 0.6) is 0 Å². The molecule has 0 amide bonds. The lowest BCUT2D eigenvalue weighted by Crippen LogP contribution is -2.31. The van der Waals surface area contributed by atoms with E-state index in [9.17, 15) is 4.79 Å². The van der Waals surface area contributed by atoms with Gasteiger partial charge < -0.3 is 4.74 Å². The molecule has 0 N–H and O–H groups in total. The van der Waals surface area contributed by atoms with E-state index in [1.807, 2.05) is 6.92 Å². The zero-order valence-electron chi connectivity index (χ0n) is 10.1. The average Bonchev–Trinajstić information content (AvgIpc) is 2.21. The Morgan fingerprint density at radius 2 is 1.71 bits per heavy atom. The van der Waals surface area contributed by atoms with Crippen LogP contribution in [0.4, 0.5) is 0 Å². The van der Waals surface area contributed by atoms with Crippen molar-refractivity contribution in [2.75, 3.05) is 6.61 Å². The summed E-state index contributed by atoms with van der Waals surface area (Å²) >= 11 is 0. The summed E-state index contributed by atoms with van der Waals surface area (Å²) in [6, 6.07) is 0. The van der Waals surface area contributed by atoms with E-state index in [2.05, 4.69) is 20.8 Å². The third kappa shape index (κ3) is 3.32. The second-order valence-electron chi connectivity index (χ2n) is 3.81. The number of unbranched alkanes of at least 4 members (excludes halogenated alkanes) is 1. The van der Waals surface area contributed by atoms with Crippen LogP contribution in [0.1, 0.15) is 59.8 Å². The molecule has 0 aromatic carbocycles. The van der Waals surface area contributed by atoms with Crippen LogP contribution in [0.15, 0.2) is 0 Å². The van der Waals surface area contributed by atoms with Crippen LogP contribution in [0.3, 0.4) is 0 Å². The molecule has 0 aliphatic rings. The third-order valence-electron chi connectivity index (χ3n) is 3.07. The Morgan fingerprint density at radius 1 is 1.14 bits per heavy atom. The van der Waals surface area contributed by atoms with Gasteiger partial charge in [0.05, 0.1) is 12.0 Å². The van der Waals surface area contributed by atoms with E-state index < -0.39 is 0 Å². The Kier molecular flexibility index (Phi) is 6.60. The lowest BCUT2D eigenvalue weighted by molar-refractivity contribution is -0.156. The van der Waals surface area contributed by atoms with Gasteiger partial charge in [-0.15, -0.1) is 0 Å².